The van der Waals surface area contributed by atoms with Crippen molar-refractivity contribution in [1.29, 1.82) is 0 Å². The van der Waals surface area contributed by atoms with Gasteiger partial charge in [-0.25, -0.2) is 4.98 Å². The highest BCUT2D eigenvalue weighted by atomic mass is 79.9. The molecule has 0 radical (unpaired) electrons. The zero-order valence-corrected chi connectivity index (χ0v) is 13.0. The molecule has 2 N–H and O–H groups in total. The van der Waals surface area contributed by atoms with Gasteiger partial charge in [0, 0.05) is 11.5 Å². The second kappa shape index (κ2) is 6.21. The summed E-state index contributed by atoms with van der Waals surface area (Å²) in [5.74, 6) is 1.15. The van der Waals surface area contributed by atoms with Gasteiger partial charge in [0.05, 0.1) is 12.2 Å². The minimum absolute atomic E-state index is 0.0922. The van der Waals surface area contributed by atoms with Crippen molar-refractivity contribution in [3.63, 3.8) is 0 Å². The minimum atomic E-state index is 0.0922. The summed E-state index contributed by atoms with van der Waals surface area (Å²) in [5, 5.41) is 6.67. The molecule has 0 bridgehead atoms. The van der Waals surface area contributed by atoms with Gasteiger partial charge in [0.2, 0.25) is 5.95 Å². The lowest BCUT2D eigenvalue weighted by Gasteiger charge is -2.16. The van der Waals surface area contributed by atoms with Gasteiger partial charge in [0.25, 0.3) is 0 Å². The van der Waals surface area contributed by atoms with E-state index in [0.29, 0.717) is 16.8 Å². The topological polar surface area (TPSA) is 49.8 Å². The number of nitrogens with one attached hydrogen (secondary N) is 2. The predicted molar refractivity (Wildman–Crippen MR) is 82.8 cm³/mol. The van der Waals surface area contributed by atoms with Crippen LogP contribution in [0, 0.1) is 0 Å². The Balaban J connectivity index is 2.21. The molecule has 0 saturated carbocycles. The SMILES string of the molecule is CNc1ncc(Cl)c(NC(C)c2cccc(Br)c2)n1. The van der Waals surface area contributed by atoms with E-state index in [4.69, 9.17) is 11.6 Å². The Morgan fingerprint density at radius 2 is 2.16 bits per heavy atom. The van der Waals surface area contributed by atoms with E-state index in [1.807, 2.05) is 12.1 Å². The first kappa shape index (κ1) is 14.1. The van der Waals surface area contributed by atoms with Gasteiger partial charge >= 0.3 is 0 Å². The molecular formula is C13H14BrClN4. The normalized spacial score (nSPS) is 12.0. The van der Waals surface area contributed by atoms with Crippen LogP contribution in [0.15, 0.2) is 34.9 Å². The fourth-order valence-corrected chi connectivity index (χ4v) is 2.22. The zero-order chi connectivity index (χ0) is 13.8. The highest BCUT2D eigenvalue weighted by Crippen LogP contribution is 2.25. The largest absolute Gasteiger partial charge is 0.362 e. The van der Waals surface area contributed by atoms with E-state index < -0.39 is 0 Å². The van der Waals surface area contributed by atoms with Crippen molar-refractivity contribution < 1.29 is 0 Å². The molecule has 0 saturated heterocycles. The van der Waals surface area contributed by atoms with E-state index in [9.17, 15) is 0 Å². The van der Waals surface area contributed by atoms with Gasteiger partial charge in [0.15, 0.2) is 5.82 Å². The van der Waals surface area contributed by atoms with Crippen LogP contribution in [0.5, 0.6) is 0 Å². The van der Waals surface area contributed by atoms with Crippen LogP contribution in [-0.2, 0) is 0 Å². The van der Waals surface area contributed by atoms with Crippen molar-refractivity contribution in [3.8, 4) is 0 Å². The molecule has 0 amide bonds. The molecule has 1 unspecified atom stereocenters. The molecule has 0 spiro atoms. The van der Waals surface area contributed by atoms with Gasteiger partial charge in [-0.3, -0.25) is 0 Å². The molecule has 2 aromatic rings. The maximum atomic E-state index is 6.09. The fraction of sp³-hybridized carbons (Fsp3) is 0.231. The van der Waals surface area contributed by atoms with Crippen LogP contribution in [-0.4, -0.2) is 17.0 Å². The molecule has 0 aliphatic carbocycles. The molecule has 6 heteroatoms. The van der Waals surface area contributed by atoms with E-state index in [-0.39, 0.29) is 6.04 Å². The van der Waals surface area contributed by atoms with Crippen molar-refractivity contribution in [3.05, 3.63) is 45.5 Å². The monoisotopic (exact) mass is 340 g/mol. The smallest absolute Gasteiger partial charge is 0.224 e. The molecular weight excluding hydrogens is 328 g/mol. The molecule has 4 nitrogen and oxygen atoms in total. The van der Waals surface area contributed by atoms with E-state index >= 15 is 0 Å². The van der Waals surface area contributed by atoms with Crippen molar-refractivity contribution in [1.82, 2.24) is 9.97 Å². The average Bonchev–Trinajstić information content (AvgIpc) is 2.41. The Bertz CT molecular complexity index is 576. The fourth-order valence-electron chi connectivity index (χ4n) is 1.65. The number of nitrogens with zero attached hydrogens (tertiary/aromatic N) is 2. The second-order valence-electron chi connectivity index (χ2n) is 4.06. The number of halogens is 2. The van der Waals surface area contributed by atoms with E-state index in [1.165, 1.54) is 0 Å². The number of rotatable bonds is 4. The Hall–Kier alpha value is -1.33. The summed E-state index contributed by atoms with van der Waals surface area (Å²) in [4.78, 5) is 8.35. The van der Waals surface area contributed by atoms with Crippen LogP contribution in [0.1, 0.15) is 18.5 Å². The number of hydrogen-bond donors (Lipinski definition) is 2. The summed E-state index contributed by atoms with van der Waals surface area (Å²) in [7, 11) is 1.77. The Morgan fingerprint density at radius 3 is 2.84 bits per heavy atom. The maximum absolute atomic E-state index is 6.09. The minimum Gasteiger partial charge on any atom is -0.362 e. The molecule has 1 aromatic heterocycles. The standard InChI is InChI=1S/C13H14BrClN4/c1-8(9-4-3-5-10(14)6-9)18-12-11(15)7-17-13(16-2)19-12/h3-8H,1-2H3,(H2,16,17,18,19). The highest BCUT2D eigenvalue weighted by molar-refractivity contribution is 9.10. The van der Waals surface area contributed by atoms with E-state index in [0.717, 1.165) is 10.0 Å². The summed E-state index contributed by atoms with van der Waals surface area (Å²) < 4.78 is 1.04. The summed E-state index contributed by atoms with van der Waals surface area (Å²) in [6.07, 6.45) is 1.58. The van der Waals surface area contributed by atoms with Crippen LogP contribution < -0.4 is 10.6 Å². The zero-order valence-electron chi connectivity index (χ0n) is 10.6. The summed E-state index contributed by atoms with van der Waals surface area (Å²) in [6, 6.07) is 8.20. The molecule has 19 heavy (non-hydrogen) atoms. The summed E-state index contributed by atoms with van der Waals surface area (Å²) in [5.41, 5.74) is 1.15. The van der Waals surface area contributed by atoms with Gasteiger partial charge in [0.1, 0.15) is 5.02 Å². The quantitative estimate of drug-likeness (QED) is 0.879. The molecule has 0 fully saturated rings. The molecule has 1 aromatic carbocycles. The third-order valence-electron chi connectivity index (χ3n) is 2.67. The van der Waals surface area contributed by atoms with Gasteiger partial charge in [-0.05, 0) is 24.6 Å². The van der Waals surface area contributed by atoms with E-state index in [1.54, 1.807) is 13.2 Å². The highest BCUT2D eigenvalue weighted by Gasteiger charge is 2.10. The van der Waals surface area contributed by atoms with Crippen LogP contribution in [0.3, 0.4) is 0 Å². The van der Waals surface area contributed by atoms with Gasteiger partial charge < -0.3 is 10.6 Å². The van der Waals surface area contributed by atoms with Gasteiger partial charge in [-0.1, -0.05) is 39.7 Å². The summed E-state index contributed by atoms with van der Waals surface area (Å²) in [6.45, 7) is 2.05. The van der Waals surface area contributed by atoms with Crippen LogP contribution in [0.25, 0.3) is 0 Å². The van der Waals surface area contributed by atoms with E-state index in [2.05, 4.69) is 55.6 Å². The molecule has 1 atom stereocenters. The van der Waals surface area contributed by atoms with Crippen molar-refractivity contribution in [2.75, 3.05) is 17.7 Å². The molecule has 2 rings (SSSR count). The van der Waals surface area contributed by atoms with Crippen LogP contribution >= 0.6 is 27.5 Å². The molecule has 0 aliphatic rings. The lowest BCUT2D eigenvalue weighted by atomic mass is 10.1. The second-order valence-corrected chi connectivity index (χ2v) is 5.38. The molecule has 1 heterocycles. The Kier molecular flexibility index (Phi) is 4.61. The van der Waals surface area contributed by atoms with Gasteiger partial charge in [-0.2, -0.15) is 4.98 Å². The lowest BCUT2D eigenvalue weighted by Crippen LogP contribution is -2.09. The summed E-state index contributed by atoms with van der Waals surface area (Å²) >= 11 is 9.56. The first-order chi connectivity index (χ1) is 9.10. The number of aromatic nitrogens is 2. The van der Waals surface area contributed by atoms with Crippen molar-refractivity contribution in [2.24, 2.45) is 0 Å². The van der Waals surface area contributed by atoms with Crippen LogP contribution in [0.4, 0.5) is 11.8 Å². The molecule has 100 valence electrons. The van der Waals surface area contributed by atoms with Gasteiger partial charge in [-0.15, -0.1) is 0 Å². The number of benzene rings is 1. The third kappa shape index (κ3) is 3.58. The third-order valence-corrected chi connectivity index (χ3v) is 3.44. The molecule has 0 aliphatic heterocycles. The number of hydrogen-bond acceptors (Lipinski definition) is 4. The van der Waals surface area contributed by atoms with Crippen molar-refractivity contribution in [2.45, 2.75) is 13.0 Å². The first-order valence-electron chi connectivity index (χ1n) is 5.82. The number of anilines is 2. The van der Waals surface area contributed by atoms with Crippen molar-refractivity contribution >= 4 is 39.3 Å². The average molecular weight is 342 g/mol. The predicted octanol–water partition coefficient (Wildman–Crippen LogP) is 4.11. The first-order valence-corrected chi connectivity index (χ1v) is 6.99. The Labute approximate surface area is 125 Å². The Morgan fingerprint density at radius 1 is 1.37 bits per heavy atom. The maximum Gasteiger partial charge on any atom is 0.224 e. The van der Waals surface area contributed by atoms with Crippen LogP contribution in [0.2, 0.25) is 5.02 Å². The lowest BCUT2D eigenvalue weighted by molar-refractivity contribution is 0.871.